The van der Waals surface area contributed by atoms with Crippen molar-refractivity contribution in [3.05, 3.63) is 85.1 Å². The summed E-state index contributed by atoms with van der Waals surface area (Å²) in [6.45, 7) is 3.86. The first-order valence-corrected chi connectivity index (χ1v) is 29.2. The molecule has 1 saturated heterocycles. The van der Waals surface area contributed by atoms with Crippen molar-refractivity contribution in [2.24, 2.45) is 0 Å². The van der Waals surface area contributed by atoms with Crippen molar-refractivity contribution < 1.29 is 56.2 Å². The van der Waals surface area contributed by atoms with Gasteiger partial charge in [0.2, 0.25) is 0 Å². The number of ether oxygens (including phenoxy) is 4. The summed E-state index contributed by atoms with van der Waals surface area (Å²) in [7, 11) is -5.08. The lowest BCUT2D eigenvalue weighted by atomic mass is 9.99. The van der Waals surface area contributed by atoms with E-state index in [-0.39, 0.29) is 19.6 Å². The first-order chi connectivity index (χ1) is 34.6. The number of hydrogen-bond acceptors (Lipinski definition) is 11. The van der Waals surface area contributed by atoms with Gasteiger partial charge in [-0.05, 0) is 70.6 Å². The van der Waals surface area contributed by atoms with Gasteiger partial charge in [-0.25, -0.2) is 4.18 Å². The van der Waals surface area contributed by atoms with E-state index in [1.807, 2.05) is 0 Å². The Bertz CT molecular complexity index is 1550. The molecule has 4 N–H and O–H groups in total. The number of aliphatic hydroxyl groups is 3. The standard InChI is InChI=1S/C58H100O12S/c1-3-5-7-9-11-13-15-17-19-21-23-24-25-26-27-28-29-31-33-35-37-39-41-43-45-47-54(60)68-52(51-67-58-56(62)57(70-71(63,64)65)55(61)53(49-59)69-58)50-66-48-46-44-42-40-38-36-34-32-30-22-20-18-16-14-12-10-8-6-4-2/h5,7,11,13,17,19,23-24,26-27,29,31,35,37,52-53,55-59,61-62H,3-4,6,8-10,12,14-16,18,20-22,25,28,30,32-34,36,38-51H2,1-2H3,(H,63,64,65)/b7-5-,13-11-,19-17-,24-23-,27-26-,31-29-,37-35-. The van der Waals surface area contributed by atoms with Gasteiger partial charge in [0.25, 0.3) is 0 Å². The summed E-state index contributed by atoms with van der Waals surface area (Å²) in [4.78, 5) is 12.9. The summed E-state index contributed by atoms with van der Waals surface area (Å²) >= 11 is 0. The van der Waals surface area contributed by atoms with Crippen molar-refractivity contribution in [1.82, 2.24) is 0 Å². The van der Waals surface area contributed by atoms with E-state index in [1.165, 1.54) is 103 Å². The Labute approximate surface area is 432 Å². The van der Waals surface area contributed by atoms with Crippen molar-refractivity contribution in [2.75, 3.05) is 26.4 Å². The molecule has 6 atom stereocenters. The summed E-state index contributed by atoms with van der Waals surface area (Å²) in [5.74, 6) is -0.430. The predicted octanol–water partition coefficient (Wildman–Crippen LogP) is 13.6. The summed E-state index contributed by atoms with van der Waals surface area (Å²) in [5.41, 5.74) is 0. The second-order valence-electron chi connectivity index (χ2n) is 18.8. The highest BCUT2D eigenvalue weighted by Crippen LogP contribution is 2.26. The van der Waals surface area contributed by atoms with Crippen LogP contribution in [0.3, 0.4) is 0 Å². The molecule has 0 bridgehead atoms. The van der Waals surface area contributed by atoms with Crippen molar-refractivity contribution in [1.29, 1.82) is 0 Å². The Morgan fingerprint density at radius 3 is 1.41 bits per heavy atom. The molecule has 410 valence electrons. The van der Waals surface area contributed by atoms with Gasteiger partial charge in [-0.3, -0.25) is 9.35 Å². The summed E-state index contributed by atoms with van der Waals surface area (Å²) < 4.78 is 59.3. The van der Waals surface area contributed by atoms with Gasteiger partial charge in [0.15, 0.2) is 6.29 Å². The van der Waals surface area contributed by atoms with Crippen LogP contribution in [0.25, 0.3) is 0 Å². The van der Waals surface area contributed by atoms with Crippen molar-refractivity contribution in [3.63, 3.8) is 0 Å². The van der Waals surface area contributed by atoms with Crippen LogP contribution in [0.5, 0.6) is 0 Å². The zero-order valence-corrected chi connectivity index (χ0v) is 45.1. The fourth-order valence-corrected chi connectivity index (χ4v) is 8.63. The summed E-state index contributed by atoms with van der Waals surface area (Å²) in [6, 6.07) is 0. The van der Waals surface area contributed by atoms with Crippen LogP contribution in [-0.2, 0) is 38.3 Å². The number of aliphatic hydroxyl groups excluding tert-OH is 3. The summed E-state index contributed by atoms with van der Waals surface area (Å²) in [6.07, 6.45) is 56.1. The highest BCUT2D eigenvalue weighted by Gasteiger charge is 2.48. The summed E-state index contributed by atoms with van der Waals surface area (Å²) in [5, 5.41) is 30.8. The molecule has 13 heteroatoms. The molecule has 0 aromatic heterocycles. The van der Waals surface area contributed by atoms with Gasteiger partial charge in [-0.1, -0.05) is 221 Å². The molecule has 1 rings (SSSR count). The Morgan fingerprint density at radius 1 is 0.549 bits per heavy atom. The first kappa shape index (κ1) is 66.3. The van der Waals surface area contributed by atoms with Crippen LogP contribution in [-0.4, -0.2) is 97.5 Å². The van der Waals surface area contributed by atoms with Gasteiger partial charge in [-0.2, -0.15) is 8.42 Å². The third-order valence-electron chi connectivity index (χ3n) is 12.3. The monoisotopic (exact) mass is 1020 g/mol. The van der Waals surface area contributed by atoms with Gasteiger partial charge in [0, 0.05) is 13.0 Å². The van der Waals surface area contributed by atoms with Crippen LogP contribution in [0.1, 0.15) is 213 Å². The predicted molar refractivity (Wildman–Crippen MR) is 289 cm³/mol. The van der Waals surface area contributed by atoms with E-state index < -0.39 is 59.8 Å². The maximum atomic E-state index is 12.9. The highest BCUT2D eigenvalue weighted by molar-refractivity contribution is 7.80. The quantitative estimate of drug-likeness (QED) is 0.0196. The Morgan fingerprint density at radius 2 is 0.972 bits per heavy atom. The van der Waals surface area contributed by atoms with E-state index in [4.69, 9.17) is 18.9 Å². The average Bonchev–Trinajstić information content (AvgIpc) is 3.35. The van der Waals surface area contributed by atoms with Gasteiger partial charge >= 0.3 is 16.4 Å². The van der Waals surface area contributed by atoms with E-state index in [0.717, 1.165) is 83.5 Å². The molecule has 0 amide bonds. The number of unbranched alkanes of at least 4 members (excludes halogenated alkanes) is 21. The van der Waals surface area contributed by atoms with Crippen molar-refractivity contribution in [3.8, 4) is 0 Å². The zero-order valence-electron chi connectivity index (χ0n) is 44.3. The van der Waals surface area contributed by atoms with E-state index >= 15 is 0 Å². The molecule has 1 heterocycles. The molecule has 12 nitrogen and oxygen atoms in total. The van der Waals surface area contributed by atoms with E-state index in [0.29, 0.717) is 13.0 Å². The van der Waals surface area contributed by atoms with Crippen LogP contribution >= 0.6 is 0 Å². The largest absolute Gasteiger partial charge is 0.457 e. The molecule has 0 radical (unpaired) electrons. The molecule has 71 heavy (non-hydrogen) atoms. The Balaban J connectivity index is 2.36. The van der Waals surface area contributed by atoms with Crippen LogP contribution in [0.2, 0.25) is 0 Å². The highest BCUT2D eigenvalue weighted by atomic mass is 32.3. The third kappa shape index (κ3) is 41.3. The molecule has 0 aromatic carbocycles. The minimum absolute atomic E-state index is 0.0200. The molecular weight excluding hydrogens is 921 g/mol. The van der Waals surface area contributed by atoms with Gasteiger partial charge < -0.3 is 34.3 Å². The number of carbonyl (C=O) groups is 1. The van der Waals surface area contributed by atoms with Crippen molar-refractivity contribution in [2.45, 2.75) is 250 Å². The fourth-order valence-electron chi connectivity index (χ4n) is 8.12. The van der Waals surface area contributed by atoms with Crippen LogP contribution in [0.4, 0.5) is 0 Å². The lowest BCUT2D eigenvalue weighted by Gasteiger charge is -2.41. The molecule has 0 aliphatic carbocycles. The van der Waals surface area contributed by atoms with Crippen molar-refractivity contribution >= 4 is 16.4 Å². The van der Waals surface area contributed by atoms with Gasteiger partial charge in [0.05, 0.1) is 19.8 Å². The number of allylic oxidation sites excluding steroid dienone is 14. The topological polar surface area (TPSA) is 178 Å². The van der Waals surface area contributed by atoms with Gasteiger partial charge in [0.1, 0.15) is 30.5 Å². The molecule has 0 spiro atoms. The molecule has 1 aliphatic rings. The molecular formula is C58H100O12S. The maximum Gasteiger partial charge on any atom is 0.397 e. The average molecular weight is 1020 g/mol. The smallest absolute Gasteiger partial charge is 0.397 e. The zero-order chi connectivity index (χ0) is 51.7. The van der Waals surface area contributed by atoms with E-state index in [1.54, 1.807) is 0 Å². The normalized spacial score (nSPS) is 19.7. The van der Waals surface area contributed by atoms with Crippen LogP contribution in [0, 0.1) is 0 Å². The SMILES string of the molecule is CC/C=C\C/C=C\C/C=C\C/C=C\C/C=C\C/C=C\C/C=C\CCCCCC(=O)OC(COCCCCCCCCCCCCCCCCCCCCC)COC1OC(CO)C(O)C(OS(=O)(=O)O)C1O. The molecule has 1 aliphatic heterocycles. The van der Waals surface area contributed by atoms with Crippen LogP contribution in [0.15, 0.2) is 85.1 Å². The first-order valence-electron chi connectivity index (χ1n) is 27.8. The van der Waals surface area contributed by atoms with E-state index in [9.17, 15) is 33.1 Å². The van der Waals surface area contributed by atoms with E-state index in [2.05, 4.69) is 103 Å². The number of carbonyl (C=O) groups excluding carboxylic acids is 1. The molecule has 0 saturated carbocycles. The fraction of sp³-hybridized carbons (Fsp3) is 0.741. The number of hydrogen-bond donors (Lipinski definition) is 4. The minimum Gasteiger partial charge on any atom is -0.457 e. The third-order valence-corrected chi connectivity index (χ3v) is 12.7. The lowest BCUT2D eigenvalue weighted by molar-refractivity contribution is -0.301. The Kier molecular flexibility index (Phi) is 45.0. The van der Waals surface area contributed by atoms with Gasteiger partial charge in [-0.15, -0.1) is 0 Å². The molecule has 6 unspecified atom stereocenters. The molecule has 1 fully saturated rings. The number of rotatable bonds is 48. The number of esters is 1. The maximum absolute atomic E-state index is 12.9. The Hall–Kier alpha value is -2.72. The second-order valence-corrected chi connectivity index (χ2v) is 19.8. The second kappa shape index (κ2) is 48.2. The lowest BCUT2D eigenvalue weighted by Crippen LogP contribution is -2.60. The molecule has 0 aromatic rings. The minimum atomic E-state index is -5.08. The van der Waals surface area contributed by atoms with Crippen LogP contribution < -0.4 is 0 Å².